The Kier molecular flexibility index (Phi) is 5.32. The fraction of sp³-hybridized carbons (Fsp3) is 0.733. The van der Waals surface area contributed by atoms with E-state index in [1.807, 2.05) is 0 Å². The van der Waals surface area contributed by atoms with Crippen LogP contribution >= 0.6 is 0 Å². The molecule has 116 valence electrons. The van der Waals surface area contributed by atoms with E-state index in [1.54, 1.807) is 21.3 Å². The summed E-state index contributed by atoms with van der Waals surface area (Å²) in [6.45, 7) is 13.1. The molecule has 0 amide bonds. The van der Waals surface area contributed by atoms with Gasteiger partial charge in [-0.25, -0.2) is 0 Å². The number of rotatable bonds is 4. The second-order valence-electron chi connectivity index (χ2n) is 7.14. The van der Waals surface area contributed by atoms with E-state index in [0.717, 1.165) is 9.56 Å². The molecule has 0 fully saturated rings. The third-order valence-electron chi connectivity index (χ3n) is 3.51. The Labute approximate surface area is 128 Å². The first-order valence-electron chi connectivity index (χ1n) is 6.91. The molecule has 1 N–H and O–H groups in total. The molecule has 0 aliphatic heterocycles. The van der Waals surface area contributed by atoms with E-state index in [0.29, 0.717) is 0 Å². The number of hydrogen-bond acceptors (Lipinski definition) is 3. The van der Waals surface area contributed by atoms with Gasteiger partial charge in [0.25, 0.3) is 0 Å². The zero-order valence-electron chi connectivity index (χ0n) is 14.3. The van der Waals surface area contributed by atoms with E-state index >= 15 is 0 Å². The molecule has 1 aromatic rings. The van der Waals surface area contributed by atoms with Crippen LogP contribution in [0.5, 0.6) is 0 Å². The van der Waals surface area contributed by atoms with Crippen LogP contribution in [0.1, 0.15) is 52.9 Å². The molecule has 0 saturated heterocycles. The van der Waals surface area contributed by atoms with Gasteiger partial charge < -0.3 is 0 Å². The van der Waals surface area contributed by atoms with Crippen molar-refractivity contribution in [2.45, 2.75) is 52.4 Å². The Hall–Kier alpha value is -0.126. The standard InChI is InChI=1S/C12H20N.3CH3O.Ti/c1-11(2,3)9-7-8-10(13-9)12(4,5)6;3*1-2;/h7,13H,1-6H3;3*1H3;/q;3*-1;+3. The monoisotopic (exact) mass is 319 g/mol. The summed E-state index contributed by atoms with van der Waals surface area (Å²) in [5.41, 5.74) is 2.35. The van der Waals surface area contributed by atoms with Crippen LogP contribution in [-0.4, -0.2) is 26.3 Å². The van der Waals surface area contributed by atoms with Gasteiger partial charge in [-0.2, -0.15) is 0 Å². The average molecular weight is 319 g/mol. The van der Waals surface area contributed by atoms with Crippen molar-refractivity contribution in [3.05, 3.63) is 17.5 Å². The Morgan fingerprint density at radius 2 is 1.30 bits per heavy atom. The van der Waals surface area contributed by atoms with Crippen molar-refractivity contribution in [3.63, 3.8) is 0 Å². The summed E-state index contributed by atoms with van der Waals surface area (Å²) in [6, 6.07) is 2.16. The van der Waals surface area contributed by atoms with Crippen molar-refractivity contribution in [2.24, 2.45) is 0 Å². The van der Waals surface area contributed by atoms with Crippen molar-refractivity contribution in [2.75, 3.05) is 21.3 Å². The molecule has 1 heterocycles. The molecule has 0 atom stereocenters. The summed E-state index contributed by atoms with van der Waals surface area (Å²) in [5.74, 6) is 0. The summed E-state index contributed by atoms with van der Waals surface area (Å²) >= 11 is -3.42. The van der Waals surface area contributed by atoms with Crippen molar-refractivity contribution in [1.29, 1.82) is 0 Å². The zero-order chi connectivity index (χ0) is 15.8. The fourth-order valence-corrected chi connectivity index (χ4v) is 5.75. The molecule has 5 heteroatoms. The van der Waals surface area contributed by atoms with Gasteiger partial charge in [-0.15, -0.1) is 0 Å². The molecule has 0 aliphatic rings. The third-order valence-corrected chi connectivity index (χ3v) is 7.68. The molecule has 1 rings (SSSR count). The zero-order valence-corrected chi connectivity index (χ0v) is 15.9. The minimum atomic E-state index is -3.42. The van der Waals surface area contributed by atoms with Gasteiger partial charge in [-0.1, -0.05) is 0 Å². The number of H-pyrrole nitrogens is 1. The molecule has 20 heavy (non-hydrogen) atoms. The first-order chi connectivity index (χ1) is 9.01. The molecule has 0 aromatic carbocycles. The molecule has 0 spiro atoms. The number of hydrogen-bond donors (Lipinski definition) is 1. The van der Waals surface area contributed by atoms with E-state index in [-0.39, 0.29) is 10.8 Å². The number of nitrogens with one attached hydrogen (secondary N) is 1. The SMILES string of the molecule is C[O][Ti]([O]C)([O]C)[c]1cc(C(C)(C)C)[nH]c1C(C)(C)C. The van der Waals surface area contributed by atoms with E-state index < -0.39 is 17.8 Å². The molecule has 0 saturated carbocycles. The molecule has 0 unspecified atom stereocenters. The molecular weight excluding hydrogens is 290 g/mol. The van der Waals surface area contributed by atoms with Crippen LogP contribution in [0.4, 0.5) is 0 Å². The summed E-state index contributed by atoms with van der Waals surface area (Å²) < 4.78 is 18.2. The van der Waals surface area contributed by atoms with Crippen molar-refractivity contribution < 1.29 is 27.7 Å². The van der Waals surface area contributed by atoms with E-state index in [1.165, 1.54) is 5.69 Å². The summed E-state index contributed by atoms with van der Waals surface area (Å²) in [5, 5.41) is 0. The van der Waals surface area contributed by atoms with Crippen molar-refractivity contribution in [3.8, 4) is 0 Å². The fourth-order valence-electron chi connectivity index (χ4n) is 2.27. The van der Waals surface area contributed by atoms with E-state index in [4.69, 9.17) is 9.96 Å². The normalized spacial score (nSPS) is 13.8. The van der Waals surface area contributed by atoms with E-state index in [9.17, 15) is 0 Å². The Bertz CT molecular complexity index is 442. The van der Waals surface area contributed by atoms with Crippen LogP contribution in [0.25, 0.3) is 0 Å². The predicted octanol–water partition coefficient (Wildman–Crippen LogP) is 3.07. The molecular formula is C15H29NO3Ti. The maximum atomic E-state index is 5.71. The maximum absolute atomic E-state index is 5.71. The second kappa shape index (κ2) is 5.94. The molecule has 1 aromatic heterocycles. The molecule has 0 aliphatic carbocycles. The number of aromatic amines is 1. The first-order valence-corrected chi connectivity index (χ1v) is 9.61. The minimum absolute atomic E-state index is 0.0229. The summed E-state index contributed by atoms with van der Waals surface area (Å²) in [4.78, 5) is 3.58. The van der Waals surface area contributed by atoms with Crippen LogP contribution < -0.4 is 3.87 Å². The van der Waals surface area contributed by atoms with Crippen LogP contribution in [0.15, 0.2) is 6.07 Å². The molecule has 4 nitrogen and oxygen atoms in total. The van der Waals surface area contributed by atoms with Gasteiger partial charge in [0.1, 0.15) is 0 Å². The molecule has 0 radical (unpaired) electrons. The predicted molar refractivity (Wildman–Crippen MR) is 78.9 cm³/mol. The van der Waals surface area contributed by atoms with Gasteiger partial charge in [0.15, 0.2) is 0 Å². The Balaban J connectivity index is 3.55. The van der Waals surface area contributed by atoms with Crippen molar-refractivity contribution >= 4 is 3.87 Å². The van der Waals surface area contributed by atoms with Gasteiger partial charge in [0.05, 0.1) is 0 Å². The third kappa shape index (κ3) is 3.37. The summed E-state index contributed by atoms with van der Waals surface area (Å²) in [6.07, 6.45) is 0. The summed E-state index contributed by atoms with van der Waals surface area (Å²) in [7, 11) is 5.01. The topological polar surface area (TPSA) is 43.5 Å². The van der Waals surface area contributed by atoms with Gasteiger partial charge in [-0.3, -0.25) is 0 Å². The van der Waals surface area contributed by atoms with E-state index in [2.05, 4.69) is 52.6 Å². The van der Waals surface area contributed by atoms with Crippen molar-refractivity contribution in [1.82, 2.24) is 4.98 Å². The quantitative estimate of drug-likeness (QED) is 0.868. The van der Waals surface area contributed by atoms with Crippen LogP contribution in [0, 0.1) is 0 Å². The average Bonchev–Trinajstić information content (AvgIpc) is 2.77. The molecule has 0 bridgehead atoms. The Morgan fingerprint density at radius 1 is 0.850 bits per heavy atom. The van der Waals surface area contributed by atoms with Crippen LogP contribution in [0.3, 0.4) is 0 Å². The van der Waals surface area contributed by atoms with Gasteiger partial charge in [0.2, 0.25) is 0 Å². The van der Waals surface area contributed by atoms with Gasteiger partial charge in [0, 0.05) is 0 Å². The first kappa shape index (κ1) is 17.9. The Morgan fingerprint density at radius 3 is 1.60 bits per heavy atom. The number of aromatic nitrogens is 1. The van der Waals surface area contributed by atoms with Gasteiger partial charge >= 0.3 is 128 Å². The second-order valence-corrected chi connectivity index (χ2v) is 11.6. The van der Waals surface area contributed by atoms with Crippen LogP contribution in [-0.2, 0) is 38.5 Å². The van der Waals surface area contributed by atoms with Gasteiger partial charge in [-0.05, 0) is 0 Å². The van der Waals surface area contributed by atoms with Crippen LogP contribution in [0.2, 0.25) is 0 Å².